The van der Waals surface area contributed by atoms with Crippen LogP contribution in [-0.4, -0.2) is 24.6 Å². The van der Waals surface area contributed by atoms with E-state index in [4.69, 9.17) is 10.00 Å². The lowest BCUT2D eigenvalue weighted by Crippen LogP contribution is -2.41. The van der Waals surface area contributed by atoms with E-state index in [9.17, 15) is 9.59 Å². The van der Waals surface area contributed by atoms with Crippen molar-refractivity contribution in [2.45, 2.75) is 38.3 Å². The zero-order chi connectivity index (χ0) is 17.4. The highest BCUT2D eigenvalue weighted by Gasteiger charge is 2.27. The standard InChI is InChI=1S/C17H20BrN3O3/c18-15-4-2-1-3-13(15)11-24-17(23)21-14-7-5-12(6-8-14)16(22)20-10-9-19/h1-4,12,14H,5-8,10-11H2,(H,20,22)(H,21,23). The number of ether oxygens (including phenoxy) is 1. The lowest BCUT2D eigenvalue weighted by atomic mass is 9.85. The summed E-state index contributed by atoms with van der Waals surface area (Å²) in [6.07, 6.45) is 2.42. The average molecular weight is 394 g/mol. The maximum atomic E-state index is 11.9. The van der Waals surface area contributed by atoms with Crippen LogP contribution in [0, 0.1) is 17.2 Å². The van der Waals surface area contributed by atoms with Gasteiger partial charge in [0.2, 0.25) is 5.91 Å². The minimum atomic E-state index is -0.442. The molecule has 0 saturated heterocycles. The van der Waals surface area contributed by atoms with Gasteiger partial charge in [-0.1, -0.05) is 34.1 Å². The van der Waals surface area contributed by atoms with Gasteiger partial charge in [0.15, 0.2) is 0 Å². The van der Waals surface area contributed by atoms with Crippen molar-refractivity contribution < 1.29 is 14.3 Å². The topological polar surface area (TPSA) is 91.2 Å². The molecule has 0 heterocycles. The molecule has 0 spiro atoms. The van der Waals surface area contributed by atoms with Gasteiger partial charge in [-0.2, -0.15) is 5.26 Å². The molecule has 0 bridgehead atoms. The summed E-state index contributed by atoms with van der Waals surface area (Å²) in [7, 11) is 0. The van der Waals surface area contributed by atoms with Crippen LogP contribution in [-0.2, 0) is 16.1 Å². The van der Waals surface area contributed by atoms with Crippen LogP contribution in [0.25, 0.3) is 0 Å². The summed E-state index contributed by atoms with van der Waals surface area (Å²) in [5, 5.41) is 13.9. The van der Waals surface area contributed by atoms with Crippen LogP contribution in [0.5, 0.6) is 0 Å². The van der Waals surface area contributed by atoms with Gasteiger partial charge < -0.3 is 15.4 Å². The normalized spacial score (nSPS) is 19.8. The van der Waals surface area contributed by atoms with Crippen LogP contribution in [0.3, 0.4) is 0 Å². The molecule has 2 amide bonds. The van der Waals surface area contributed by atoms with Crippen molar-refractivity contribution in [3.8, 4) is 6.07 Å². The second-order valence-electron chi connectivity index (χ2n) is 5.74. The third-order valence-corrected chi connectivity index (χ3v) is 4.85. The van der Waals surface area contributed by atoms with Gasteiger partial charge in [-0.3, -0.25) is 4.79 Å². The first-order chi connectivity index (χ1) is 11.6. The van der Waals surface area contributed by atoms with Crippen LogP contribution in [0.15, 0.2) is 28.7 Å². The lowest BCUT2D eigenvalue weighted by molar-refractivity contribution is -0.125. The molecule has 128 valence electrons. The van der Waals surface area contributed by atoms with Crippen molar-refractivity contribution in [2.75, 3.05) is 6.54 Å². The third-order valence-electron chi connectivity index (χ3n) is 4.08. The first kappa shape index (κ1) is 18.3. The summed E-state index contributed by atoms with van der Waals surface area (Å²) in [6, 6.07) is 9.50. The maximum absolute atomic E-state index is 11.9. The Morgan fingerprint density at radius 1 is 1.25 bits per heavy atom. The van der Waals surface area contributed by atoms with E-state index in [1.165, 1.54) is 0 Å². The Kier molecular flexibility index (Phi) is 7.07. The molecule has 1 saturated carbocycles. The van der Waals surface area contributed by atoms with Crippen LogP contribution in [0.4, 0.5) is 4.79 Å². The van der Waals surface area contributed by atoms with Gasteiger partial charge in [0.1, 0.15) is 13.2 Å². The van der Waals surface area contributed by atoms with Gasteiger partial charge in [0, 0.05) is 22.0 Å². The number of alkyl carbamates (subject to hydrolysis) is 1. The van der Waals surface area contributed by atoms with Gasteiger partial charge in [0.05, 0.1) is 6.07 Å². The van der Waals surface area contributed by atoms with Crippen molar-refractivity contribution >= 4 is 27.9 Å². The zero-order valence-corrected chi connectivity index (χ0v) is 14.8. The van der Waals surface area contributed by atoms with Gasteiger partial charge in [0.25, 0.3) is 0 Å². The molecule has 6 nitrogen and oxygen atoms in total. The van der Waals surface area contributed by atoms with Crippen LogP contribution < -0.4 is 10.6 Å². The SMILES string of the molecule is N#CCNC(=O)C1CCC(NC(=O)OCc2ccccc2Br)CC1. The minimum Gasteiger partial charge on any atom is -0.445 e. The Morgan fingerprint density at radius 2 is 1.96 bits per heavy atom. The molecule has 1 aromatic rings. The minimum absolute atomic E-state index is 0.0248. The Balaban J connectivity index is 1.70. The fourth-order valence-electron chi connectivity index (χ4n) is 2.74. The fourth-order valence-corrected chi connectivity index (χ4v) is 3.14. The van der Waals surface area contributed by atoms with Crippen molar-refractivity contribution in [2.24, 2.45) is 5.92 Å². The van der Waals surface area contributed by atoms with Crippen LogP contribution in [0.1, 0.15) is 31.2 Å². The number of nitrogens with one attached hydrogen (secondary N) is 2. The van der Waals surface area contributed by atoms with Gasteiger partial charge in [-0.15, -0.1) is 0 Å². The number of nitrogens with zero attached hydrogens (tertiary/aromatic N) is 1. The highest BCUT2D eigenvalue weighted by atomic mass is 79.9. The van der Waals surface area contributed by atoms with Crippen molar-refractivity contribution in [1.82, 2.24) is 10.6 Å². The summed E-state index contributed by atoms with van der Waals surface area (Å²) in [5.41, 5.74) is 0.908. The molecule has 0 aromatic heterocycles. The van der Waals surface area contributed by atoms with E-state index in [-0.39, 0.29) is 31.0 Å². The first-order valence-electron chi connectivity index (χ1n) is 7.91. The predicted octanol–water partition coefficient (Wildman–Crippen LogP) is 2.87. The molecule has 1 aromatic carbocycles. The maximum Gasteiger partial charge on any atom is 0.407 e. The number of rotatable bonds is 5. The number of carbonyl (C=O) groups is 2. The van der Waals surface area contributed by atoms with Gasteiger partial charge in [-0.25, -0.2) is 4.79 Å². The van der Waals surface area contributed by atoms with Crippen molar-refractivity contribution in [3.63, 3.8) is 0 Å². The number of halogens is 1. The molecule has 24 heavy (non-hydrogen) atoms. The van der Waals surface area contributed by atoms with E-state index in [2.05, 4.69) is 26.6 Å². The number of hydrogen-bond acceptors (Lipinski definition) is 4. The van der Waals surface area contributed by atoms with Crippen molar-refractivity contribution in [1.29, 1.82) is 5.26 Å². The van der Waals surface area contributed by atoms with E-state index in [0.717, 1.165) is 22.9 Å². The summed E-state index contributed by atoms with van der Waals surface area (Å²) in [5.74, 6) is -0.154. The first-order valence-corrected chi connectivity index (χ1v) is 8.70. The number of benzene rings is 1. The predicted molar refractivity (Wildman–Crippen MR) is 91.8 cm³/mol. The zero-order valence-electron chi connectivity index (χ0n) is 13.3. The molecular weight excluding hydrogens is 374 g/mol. The molecular formula is C17H20BrN3O3. The average Bonchev–Trinajstić information content (AvgIpc) is 2.59. The Labute approximate surface area is 149 Å². The van der Waals surface area contributed by atoms with Crippen molar-refractivity contribution in [3.05, 3.63) is 34.3 Å². The molecule has 0 radical (unpaired) electrons. The molecule has 0 unspecified atom stereocenters. The highest BCUT2D eigenvalue weighted by molar-refractivity contribution is 9.10. The molecule has 7 heteroatoms. The van der Waals surface area contributed by atoms with E-state index in [1.54, 1.807) is 0 Å². The van der Waals surface area contributed by atoms with E-state index < -0.39 is 6.09 Å². The Morgan fingerprint density at radius 3 is 2.62 bits per heavy atom. The lowest BCUT2D eigenvalue weighted by Gasteiger charge is -2.27. The summed E-state index contributed by atoms with van der Waals surface area (Å²) in [6.45, 7) is 0.248. The molecule has 0 aliphatic heterocycles. The van der Waals surface area contributed by atoms with Crippen LogP contribution in [0.2, 0.25) is 0 Å². The molecule has 1 aliphatic carbocycles. The second-order valence-corrected chi connectivity index (χ2v) is 6.59. The van der Waals surface area contributed by atoms with Crippen LogP contribution >= 0.6 is 15.9 Å². The van der Waals surface area contributed by atoms with Gasteiger partial charge in [-0.05, 0) is 31.7 Å². The molecule has 1 fully saturated rings. The van der Waals surface area contributed by atoms with Gasteiger partial charge >= 0.3 is 6.09 Å². The third kappa shape index (κ3) is 5.53. The quantitative estimate of drug-likeness (QED) is 0.752. The number of hydrogen-bond donors (Lipinski definition) is 2. The largest absolute Gasteiger partial charge is 0.445 e. The van der Waals surface area contributed by atoms with E-state index in [0.29, 0.717) is 12.8 Å². The summed E-state index contributed by atoms with van der Waals surface area (Å²) < 4.78 is 6.15. The second kappa shape index (κ2) is 9.28. The smallest absolute Gasteiger partial charge is 0.407 e. The van der Waals surface area contributed by atoms with E-state index >= 15 is 0 Å². The summed E-state index contributed by atoms with van der Waals surface area (Å²) in [4.78, 5) is 23.7. The summed E-state index contributed by atoms with van der Waals surface area (Å²) >= 11 is 3.41. The molecule has 1 aliphatic rings. The Bertz CT molecular complexity index is 622. The molecule has 0 atom stereocenters. The number of amides is 2. The number of carbonyl (C=O) groups excluding carboxylic acids is 2. The monoisotopic (exact) mass is 393 g/mol. The molecule has 2 rings (SSSR count). The Hall–Kier alpha value is -2.07. The number of nitriles is 1. The molecule has 2 N–H and O–H groups in total. The highest BCUT2D eigenvalue weighted by Crippen LogP contribution is 2.24. The van der Waals surface area contributed by atoms with E-state index in [1.807, 2.05) is 30.3 Å². The fraction of sp³-hybridized carbons (Fsp3) is 0.471.